The van der Waals surface area contributed by atoms with Crippen LogP contribution in [0, 0.1) is 0 Å². The van der Waals surface area contributed by atoms with Crippen LogP contribution < -0.4 is 15.6 Å². The molecule has 0 radical (unpaired) electrons. The Kier molecular flexibility index (Phi) is 5.86. The standard InChI is InChI=1S/C24H24OSi2/c1-4-26(5-2,22-16-10-7-11-17-22)25-27(6-3,23-18-12-8-13-19-23)24-20-14-9-15-21-24/h4-21H,1-3H2. The molecule has 0 atom stereocenters. The van der Waals surface area contributed by atoms with E-state index in [-0.39, 0.29) is 0 Å². The molecule has 0 heterocycles. The van der Waals surface area contributed by atoms with Crippen LogP contribution in [0.1, 0.15) is 0 Å². The lowest BCUT2D eigenvalue weighted by molar-refractivity contribution is 0.597. The van der Waals surface area contributed by atoms with Gasteiger partial charge in [0.15, 0.2) is 0 Å². The molecule has 0 aliphatic heterocycles. The molecule has 0 N–H and O–H groups in total. The van der Waals surface area contributed by atoms with E-state index < -0.39 is 16.6 Å². The molecule has 3 rings (SSSR count). The van der Waals surface area contributed by atoms with E-state index in [0.29, 0.717) is 0 Å². The van der Waals surface area contributed by atoms with Gasteiger partial charge in [-0.25, -0.2) is 0 Å². The highest BCUT2D eigenvalue weighted by Gasteiger charge is 2.45. The van der Waals surface area contributed by atoms with E-state index in [1.165, 1.54) is 10.4 Å². The summed E-state index contributed by atoms with van der Waals surface area (Å²) in [6.07, 6.45) is 0. The predicted molar refractivity (Wildman–Crippen MR) is 121 cm³/mol. The average molecular weight is 385 g/mol. The highest BCUT2D eigenvalue weighted by atomic mass is 28.4. The van der Waals surface area contributed by atoms with Crippen LogP contribution >= 0.6 is 0 Å². The molecular weight excluding hydrogens is 360 g/mol. The lowest BCUT2D eigenvalue weighted by Gasteiger charge is -2.38. The van der Waals surface area contributed by atoms with Gasteiger partial charge in [0.05, 0.1) is 0 Å². The van der Waals surface area contributed by atoms with E-state index >= 15 is 0 Å². The summed E-state index contributed by atoms with van der Waals surface area (Å²) < 4.78 is 7.16. The molecule has 0 saturated carbocycles. The maximum atomic E-state index is 7.16. The first-order chi connectivity index (χ1) is 13.2. The van der Waals surface area contributed by atoms with Crippen molar-refractivity contribution < 1.29 is 4.12 Å². The van der Waals surface area contributed by atoms with Gasteiger partial charge >= 0.3 is 0 Å². The van der Waals surface area contributed by atoms with Crippen LogP contribution in [0.2, 0.25) is 0 Å². The van der Waals surface area contributed by atoms with Crippen LogP contribution in [0.4, 0.5) is 0 Å². The molecule has 0 bridgehead atoms. The number of hydrogen-bond acceptors (Lipinski definition) is 1. The first-order valence-electron chi connectivity index (χ1n) is 8.98. The zero-order chi connectivity index (χ0) is 19.2. The van der Waals surface area contributed by atoms with E-state index in [9.17, 15) is 0 Å². The van der Waals surface area contributed by atoms with Crippen molar-refractivity contribution in [2.75, 3.05) is 0 Å². The van der Waals surface area contributed by atoms with E-state index in [1.54, 1.807) is 0 Å². The summed E-state index contributed by atoms with van der Waals surface area (Å²) in [5.74, 6) is 0. The van der Waals surface area contributed by atoms with Gasteiger partial charge in [-0.2, -0.15) is 0 Å². The summed E-state index contributed by atoms with van der Waals surface area (Å²) in [6, 6.07) is 31.1. The topological polar surface area (TPSA) is 9.23 Å². The maximum absolute atomic E-state index is 7.16. The van der Waals surface area contributed by atoms with Crippen molar-refractivity contribution in [1.29, 1.82) is 0 Å². The lowest BCUT2D eigenvalue weighted by atomic mass is 10.4. The Bertz CT molecular complexity index is 857. The van der Waals surface area contributed by atoms with Gasteiger partial charge in [0.1, 0.15) is 0 Å². The molecule has 3 aromatic rings. The van der Waals surface area contributed by atoms with Gasteiger partial charge in [-0.1, -0.05) is 108 Å². The van der Waals surface area contributed by atoms with Crippen LogP contribution in [0.3, 0.4) is 0 Å². The summed E-state index contributed by atoms with van der Waals surface area (Å²) in [4.78, 5) is 0. The van der Waals surface area contributed by atoms with Gasteiger partial charge in [-0.3, -0.25) is 0 Å². The molecule has 134 valence electrons. The fourth-order valence-electron chi connectivity index (χ4n) is 3.36. The van der Waals surface area contributed by atoms with Crippen LogP contribution in [-0.4, -0.2) is 16.6 Å². The third-order valence-corrected chi connectivity index (χ3v) is 12.9. The number of rotatable bonds is 8. The number of hydrogen-bond donors (Lipinski definition) is 0. The van der Waals surface area contributed by atoms with E-state index in [1.807, 2.05) is 47.4 Å². The van der Waals surface area contributed by atoms with Crippen molar-refractivity contribution in [3.8, 4) is 0 Å². The molecule has 1 nitrogen and oxygen atoms in total. The predicted octanol–water partition coefficient (Wildman–Crippen LogP) is 3.79. The Morgan fingerprint density at radius 1 is 0.519 bits per heavy atom. The summed E-state index contributed by atoms with van der Waals surface area (Å²) in [5.41, 5.74) is 5.95. The Morgan fingerprint density at radius 2 is 0.889 bits per heavy atom. The lowest BCUT2D eigenvalue weighted by Crippen LogP contribution is -2.67. The minimum Gasteiger partial charge on any atom is -0.436 e. The van der Waals surface area contributed by atoms with Gasteiger partial charge in [-0.15, -0.1) is 19.7 Å². The SMILES string of the molecule is C=C[Si](C=C)(O[Si](C=C)(c1ccccc1)c1ccccc1)c1ccccc1. The molecule has 0 amide bonds. The van der Waals surface area contributed by atoms with Gasteiger partial charge in [0, 0.05) is 0 Å². The van der Waals surface area contributed by atoms with Gasteiger partial charge in [0.2, 0.25) is 0 Å². The van der Waals surface area contributed by atoms with Gasteiger partial charge in [-0.05, 0) is 15.6 Å². The van der Waals surface area contributed by atoms with E-state index in [0.717, 1.165) is 5.19 Å². The van der Waals surface area contributed by atoms with Gasteiger partial charge in [0.25, 0.3) is 16.6 Å². The van der Waals surface area contributed by atoms with Crippen LogP contribution in [0.15, 0.2) is 128 Å². The summed E-state index contributed by atoms with van der Waals surface area (Å²) in [6.45, 7) is 12.5. The first-order valence-corrected chi connectivity index (χ1v) is 13.0. The Balaban J connectivity index is 2.23. The quantitative estimate of drug-likeness (QED) is 0.537. The zero-order valence-electron chi connectivity index (χ0n) is 15.4. The van der Waals surface area contributed by atoms with Crippen LogP contribution in [0.5, 0.6) is 0 Å². The molecule has 0 spiro atoms. The molecule has 0 fully saturated rings. The first kappa shape index (κ1) is 19.0. The maximum Gasteiger partial charge on any atom is 0.270 e. The molecule has 0 aliphatic rings. The second-order valence-corrected chi connectivity index (χ2v) is 13.2. The highest BCUT2D eigenvalue weighted by molar-refractivity contribution is 7.10. The van der Waals surface area contributed by atoms with Crippen molar-refractivity contribution >= 4 is 32.2 Å². The fourth-order valence-corrected chi connectivity index (χ4v) is 11.4. The van der Waals surface area contributed by atoms with E-state index in [2.05, 4.69) is 80.4 Å². The molecule has 0 saturated heterocycles. The van der Waals surface area contributed by atoms with Crippen molar-refractivity contribution in [2.24, 2.45) is 0 Å². The molecule has 0 unspecified atom stereocenters. The second-order valence-electron chi connectivity index (χ2n) is 6.34. The fraction of sp³-hybridized carbons (Fsp3) is 0. The normalized spacial score (nSPS) is 11.6. The summed E-state index contributed by atoms with van der Waals surface area (Å²) in [5, 5.41) is 3.48. The van der Waals surface area contributed by atoms with Crippen LogP contribution in [0.25, 0.3) is 0 Å². The molecule has 3 aromatic carbocycles. The van der Waals surface area contributed by atoms with Crippen molar-refractivity contribution in [2.45, 2.75) is 0 Å². The molecule has 3 heteroatoms. The number of benzene rings is 3. The third kappa shape index (κ3) is 3.58. The third-order valence-electron chi connectivity index (χ3n) is 4.85. The molecular formula is C24H24OSi2. The minimum absolute atomic E-state index is 1.14. The van der Waals surface area contributed by atoms with E-state index in [4.69, 9.17) is 4.12 Å². The smallest absolute Gasteiger partial charge is 0.270 e. The zero-order valence-corrected chi connectivity index (χ0v) is 17.4. The Morgan fingerprint density at radius 3 is 1.22 bits per heavy atom. The minimum atomic E-state index is -2.70. The van der Waals surface area contributed by atoms with Crippen molar-refractivity contribution in [3.05, 3.63) is 128 Å². The Labute approximate surface area is 164 Å². The highest BCUT2D eigenvalue weighted by Crippen LogP contribution is 2.19. The van der Waals surface area contributed by atoms with Crippen molar-refractivity contribution in [1.82, 2.24) is 0 Å². The second kappa shape index (κ2) is 8.31. The summed E-state index contributed by atoms with van der Waals surface area (Å²) in [7, 11) is -5.32. The molecule has 27 heavy (non-hydrogen) atoms. The summed E-state index contributed by atoms with van der Waals surface area (Å²) >= 11 is 0. The Hall–Kier alpha value is -2.73. The molecule has 0 aliphatic carbocycles. The van der Waals surface area contributed by atoms with Crippen LogP contribution in [-0.2, 0) is 4.12 Å². The molecule has 0 aromatic heterocycles. The van der Waals surface area contributed by atoms with Gasteiger partial charge < -0.3 is 4.12 Å². The monoisotopic (exact) mass is 384 g/mol. The average Bonchev–Trinajstić information content (AvgIpc) is 2.77. The largest absolute Gasteiger partial charge is 0.436 e. The van der Waals surface area contributed by atoms with Crippen molar-refractivity contribution in [3.63, 3.8) is 0 Å².